The van der Waals surface area contributed by atoms with Crippen molar-refractivity contribution in [3.8, 4) is 0 Å². The number of benzene rings is 2. The minimum atomic E-state index is -4.45. The summed E-state index contributed by atoms with van der Waals surface area (Å²) < 4.78 is 35.3. The summed E-state index contributed by atoms with van der Waals surface area (Å²) in [5, 5.41) is 1.95. The van der Waals surface area contributed by atoms with Gasteiger partial charge in [-0.1, -0.05) is 70.6 Å². The first-order valence-electron chi connectivity index (χ1n) is 9.97. The van der Waals surface area contributed by atoms with E-state index in [1.54, 1.807) is 6.07 Å². The first-order chi connectivity index (χ1) is 12.5. The van der Waals surface area contributed by atoms with Crippen molar-refractivity contribution < 1.29 is 64.4 Å². The van der Waals surface area contributed by atoms with Crippen LogP contribution in [0, 0.1) is 0 Å². The Morgan fingerprint density at radius 3 is 1.96 bits per heavy atom. The van der Waals surface area contributed by atoms with Crippen molar-refractivity contribution >= 4 is 20.9 Å². The molecule has 3 nitrogen and oxygen atoms in total. The summed E-state index contributed by atoms with van der Waals surface area (Å²) >= 11 is 0. The second-order valence-corrected chi connectivity index (χ2v) is 8.52. The van der Waals surface area contributed by atoms with Crippen molar-refractivity contribution in [3.05, 3.63) is 41.5 Å². The van der Waals surface area contributed by atoms with E-state index in [2.05, 4.69) is 19.9 Å². The predicted octanol–water partition coefficient (Wildman–Crippen LogP) is 2.99. The van der Waals surface area contributed by atoms with Gasteiger partial charge in [0.1, 0.15) is 10.1 Å². The van der Waals surface area contributed by atoms with E-state index in [9.17, 15) is 13.0 Å². The molecule has 0 aliphatic heterocycles. The van der Waals surface area contributed by atoms with Gasteiger partial charge in [0.2, 0.25) is 0 Å². The standard InChI is InChI=1S/C22H32O3S.K/c1-3-5-7-9-12-18-14-11-15-19-17-22(26(23,24)25)20(16-21(18)19)13-10-8-6-4-2;/h11,14-17H,3-10,12-13H2,1-2H3,(H,23,24,25);/q;+1/p-1. The van der Waals surface area contributed by atoms with Gasteiger partial charge in [0.05, 0.1) is 4.90 Å². The Bertz CT molecular complexity index is 816. The van der Waals surface area contributed by atoms with E-state index in [4.69, 9.17) is 0 Å². The van der Waals surface area contributed by atoms with E-state index in [-0.39, 0.29) is 56.3 Å². The van der Waals surface area contributed by atoms with Crippen molar-refractivity contribution in [2.75, 3.05) is 0 Å². The van der Waals surface area contributed by atoms with E-state index in [0.717, 1.165) is 49.3 Å². The average Bonchev–Trinajstić information content (AvgIpc) is 2.61. The van der Waals surface area contributed by atoms with Gasteiger partial charge in [-0.25, -0.2) is 8.42 Å². The summed E-state index contributed by atoms with van der Waals surface area (Å²) in [6.07, 6.45) is 10.7. The maximum atomic E-state index is 11.8. The molecule has 0 aromatic heterocycles. The zero-order chi connectivity index (χ0) is 19.0. The zero-order valence-electron chi connectivity index (χ0n) is 17.1. The van der Waals surface area contributed by atoms with E-state index in [1.807, 2.05) is 18.2 Å². The SMILES string of the molecule is CCCCCCc1cc2c(CCCCCC)cccc2cc1S(=O)(=O)[O-].[K+]. The van der Waals surface area contributed by atoms with Crippen LogP contribution in [-0.4, -0.2) is 13.0 Å². The van der Waals surface area contributed by atoms with Gasteiger partial charge < -0.3 is 4.55 Å². The van der Waals surface area contributed by atoms with Crippen molar-refractivity contribution in [1.82, 2.24) is 0 Å². The molecule has 0 saturated heterocycles. The fraction of sp³-hybridized carbons (Fsp3) is 0.545. The maximum absolute atomic E-state index is 11.8. The molecule has 0 bridgehead atoms. The molecule has 2 aromatic carbocycles. The normalized spacial score (nSPS) is 11.5. The monoisotopic (exact) mass is 414 g/mol. The predicted molar refractivity (Wildman–Crippen MR) is 108 cm³/mol. The molecule has 27 heavy (non-hydrogen) atoms. The summed E-state index contributed by atoms with van der Waals surface area (Å²) in [6.45, 7) is 4.35. The molecular formula is C22H31KO3S. The third-order valence-corrected chi connectivity index (χ3v) is 5.94. The van der Waals surface area contributed by atoms with Gasteiger partial charge in [-0.3, -0.25) is 0 Å². The molecule has 2 rings (SSSR count). The maximum Gasteiger partial charge on any atom is 1.00 e. The number of unbranched alkanes of at least 4 members (excludes halogenated alkanes) is 6. The van der Waals surface area contributed by atoms with Gasteiger partial charge in [0.15, 0.2) is 0 Å². The van der Waals surface area contributed by atoms with Gasteiger partial charge in [-0.2, -0.15) is 0 Å². The first kappa shape index (κ1) is 25.3. The van der Waals surface area contributed by atoms with Crippen LogP contribution in [0.4, 0.5) is 0 Å². The molecule has 0 radical (unpaired) electrons. The first-order valence-corrected chi connectivity index (χ1v) is 11.4. The summed E-state index contributed by atoms with van der Waals surface area (Å²) in [5.74, 6) is 0. The average molecular weight is 415 g/mol. The minimum absolute atomic E-state index is 0. The van der Waals surface area contributed by atoms with Crippen LogP contribution in [0.15, 0.2) is 35.2 Å². The second kappa shape index (κ2) is 12.7. The smallest absolute Gasteiger partial charge is 0.744 e. The van der Waals surface area contributed by atoms with E-state index < -0.39 is 10.1 Å². The Balaban J connectivity index is 0.00000364. The molecule has 2 aromatic rings. The van der Waals surface area contributed by atoms with Gasteiger partial charge in [-0.05, 0) is 59.7 Å². The van der Waals surface area contributed by atoms with Crippen LogP contribution in [0.1, 0.15) is 76.3 Å². The van der Waals surface area contributed by atoms with Gasteiger partial charge >= 0.3 is 51.4 Å². The fourth-order valence-corrected chi connectivity index (χ4v) is 4.30. The Kier molecular flexibility index (Phi) is 11.9. The van der Waals surface area contributed by atoms with E-state index in [0.29, 0.717) is 12.0 Å². The summed E-state index contributed by atoms with van der Waals surface area (Å²) in [7, 11) is -4.45. The molecule has 0 spiro atoms. The van der Waals surface area contributed by atoms with Crippen LogP contribution in [0.2, 0.25) is 0 Å². The molecule has 0 fully saturated rings. The summed E-state index contributed by atoms with van der Waals surface area (Å²) in [4.78, 5) is -0.0374. The second-order valence-electron chi connectivity index (χ2n) is 7.17. The Hall–Kier alpha value is 0.246. The van der Waals surface area contributed by atoms with Crippen LogP contribution >= 0.6 is 0 Å². The molecule has 0 saturated carbocycles. The quantitative estimate of drug-likeness (QED) is 0.323. The molecule has 0 amide bonds. The fourth-order valence-electron chi connectivity index (χ4n) is 3.54. The molecule has 144 valence electrons. The van der Waals surface area contributed by atoms with Crippen LogP contribution in [0.25, 0.3) is 10.8 Å². The van der Waals surface area contributed by atoms with Gasteiger partial charge in [-0.15, -0.1) is 0 Å². The van der Waals surface area contributed by atoms with E-state index in [1.165, 1.54) is 24.8 Å². The third-order valence-electron chi connectivity index (χ3n) is 5.02. The third kappa shape index (κ3) is 7.88. The summed E-state index contributed by atoms with van der Waals surface area (Å²) in [6, 6.07) is 9.53. The van der Waals surface area contributed by atoms with Gasteiger partial charge in [0.25, 0.3) is 0 Å². The summed E-state index contributed by atoms with van der Waals surface area (Å²) in [5.41, 5.74) is 1.94. The van der Waals surface area contributed by atoms with Crippen LogP contribution < -0.4 is 51.4 Å². The minimum Gasteiger partial charge on any atom is -0.744 e. The molecular weight excluding hydrogens is 383 g/mol. The van der Waals surface area contributed by atoms with Crippen molar-refractivity contribution in [2.24, 2.45) is 0 Å². The van der Waals surface area contributed by atoms with Crippen molar-refractivity contribution in [2.45, 2.75) is 83.0 Å². The number of fused-ring (bicyclic) bond motifs is 1. The van der Waals surface area contributed by atoms with E-state index >= 15 is 0 Å². The molecule has 5 heteroatoms. The Labute approximate surface area is 207 Å². The largest absolute Gasteiger partial charge is 1.00 e. The Morgan fingerprint density at radius 1 is 0.815 bits per heavy atom. The van der Waals surface area contributed by atoms with Crippen LogP contribution in [-0.2, 0) is 23.0 Å². The molecule has 0 heterocycles. The number of aryl methyl sites for hydroxylation is 2. The Morgan fingerprint density at radius 2 is 1.41 bits per heavy atom. The molecule has 0 aliphatic rings. The molecule has 0 aliphatic carbocycles. The topological polar surface area (TPSA) is 57.2 Å². The zero-order valence-corrected chi connectivity index (χ0v) is 21.0. The number of rotatable bonds is 11. The van der Waals surface area contributed by atoms with Crippen LogP contribution in [0.5, 0.6) is 0 Å². The molecule has 0 unspecified atom stereocenters. The number of hydrogen-bond donors (Lipinski definition) is 0. The van der Waals surface area contributed by atoms with Gasteiger partial charge in [0, 0.05) is 0 Å². The van der Waals surface area contributed by atoms with Crippen molar-refractivity contribution in [3.63, 3.8) is 0 Å². The molecule has 0 atom stereocenters. The number of hydrogen-bond acceptors (Lipinski definition) is 3. The van der Waals surface area contributed by atoms with Crippen molar-refractivity contribution in [1.29, 1.82) is 0 Å². The molecule has 0 N–H and O–H groups in total. The van der Waals surface area contributed by atoms with Crippen LogP contribution in [0.3, 0.4) is 0 Å².